The van der Waals surface area contributed by atoms with Crippen LogP contribution >= 0.6 is 23.2 Å². The molecule has 1 radical (unpaired) electrons. The zero-order valence-electron chi connectivity index (χ0n) is 13.3. The van der Waals surface area contributed by atoms with Crippen LogP contribution in [0.4, 0.5) is 5.69 Å². The summed E-state index contributed by atoms with van der Waals surface area (Å²) in [5.41, 5.74) is 2.02. The first-order valence-corrected chi connectivity index (χ1v) is 8.76. The van der Waals surface area contributed by atoms with Crippen LogP contribution in [0.25, 0.3) is 0 Å². The highest BCUT2D eigenvalue weighted by atomic mass is 35.5. The van der Waals surface area contributed by atoms with Gasteiger partial charge in [0.05, 0.1) is 15.7 Å². The highest BCUT2D eigenvalue weighted by molar-refractivity contribution is 6.43. The Bertz CT molecular complexity index is 698. The third-order valence-corrected chi connectivity index (χ3v) is 5.03. The number of carbonyl (C=O) groups is 1. The van der Waals surface area contributed by atoms with Crippen LogP contribution in [0.1, 0.15) is 12.0 Å². The average Bonchev–Trinajstić information content (AvgIpc) is 2.63. The van der Waals surface area contributed by atoms with Crippen molar-refractivity contribution in [2.75, 3.05) is 31.1 Å². The molecule has 1 fully saturated rings. The van der Waals surface area contributed by atoms with Gasteiger partial charge >= 0.3 is 0 Å². The van der Waals surface area contributed by atoms with E-state index in [1.807, 2.05) is 53.8 Å². The van der Waals surface area contributed by atoms with Crippen LogP contribution in [-0.4, -0.2) is 37.0 Å². The fraction of sp³-hybridized carbons (Fsp3) is 0.263. The molecule has 0 spiro atoms. The van der Waals surface area contributed by atoms with Crippen molar-refractivity contribution in [3.63, 3.8) is 0 Å². The van der Waals surface area contributed by atoms with Crippen molar-refractivity contribution in [2.24, 2.45) is 0 Å². The van der Waals surface area contributed by atoms with E-state index in [1.54, 1.807) is 6.07 Å². The summed E-state index contributed by atoms with van der Waals surface area (Å²) in [6.45, 7) is 2.92. The van der Waals surface area contributed by atoms with E-state index in [0.29, 0.717) is 29.6 Å². The summed E-state index contributed by atoms with van der Waals surface area (Å²) in [6, 6.07) is 15.6. The Hall–Kier alpha value is -1.71. The van der Waals surface area contributed by atoms with Crippen LogP contribution < -0.4 is 4.90 Å². The third kappa shape index (κ3) is 4.03. The van der Waals surface area contributed by atoms with Gasteiger partial charge in [-0.2, -0.15) is 0 Å². The first-order chi connectivity index (χ1) is 11.6. The van der Waals surface area contributed by atoms with Crippen LogP contribution in [0.15, 0.2) is 48.5 Å². The van der Waals surface area contributed by atoms with Gasteiger partial charge in [0, 0.05) is 32.6 Å². The lowest BCUT2D eigenvalue weighted by Gasteiger charge is -2.36. The van der Waals surface area contributed by atoms with E-state index in [0.717, 1.165) is 24.3 Å². The highest BCUT2D eigenvalue weighted by Crippen LogP contribution is 2.32. The predicted molar refractivity (Wildman–Crippen MR) is 99.7 cm³/mol. The molecule has 0 atom stereocenters. The number of anilines is 1. The lowest BCUT2D eigenvalue weighted by molar-refractivity contribution is -0.130. The fourth-order valence-corrected chi connectivity index (χ4v) is 3.27. The number of rotatable bonds is 4. The Morgan fingerprint density at radius 1 is 0.958 bits per heavy atom. The Morgan fingerprint density at radius 3 is 2.38 bits per heavy atom. The molecule has 1 saturated heterocycles. The molecule has 0 bridgehead atoms. The van der Waals surface area contributed by atoms with Gasteiger partial charge in [-0.15, -0.1) is 0 Å². The van der Waals surface area contributed by atoms with E-state index in [1.165, 1.54) is 0 Å². The van der Waals surface area contributed by atoms with E-state index in [9.17, 15) is 4.79 Å². The summed E-state index contributed by atoms with van der Waals surface area (Å²) >= 11 is 12.4. The van der Waals surface area contributed by atoms with Crippen molar-refractivity contribution >= 4 is 34.8 Å². The summed E-state index contributed by atoms with van der Waals surface area (Å²) in [7, 11) is 0. The first-order valence-electron chi connectivity index (χ1n) is 8.00. The van der Waals surface area contributed by atoms with E-state index in [2.05, 4.69) is 4.90 Å². The Kier molecular flexibility index (Phi) is 5.64. The van der Waals surface area contributed by atoms with Crippen molar-refractivity contribution in [3.8, 4) is 0 Å². The molecule has 0 aliphatic carbocycles. The van der Waals surface area contributed by atoms with Crippen molar-refractivity contribution in [1.82, 2.24) is 4.90 Å². The van der Waals surface area contributed by atoms with E-state index in [4.69, 9.17) is 23.2 Å². The van der Waals surface area contributed by atoms with Crippen molar-refractivity contribution in [3.05, 3.63) is 70.6 Å². The minimum atomic E-state index is 0.163. The van der Waals surface area contributed by atoms with E-state index < -0.39 is 0 Å². The van der Waals surface area contributed by atoms with Crippen molar-refractivity contribution in [2.45, 2.75) is 6.42 Å². The molecule has 1 amide bonds. The van der Waals surface area contributed by atoms with Gasteiger partial charge in [0.15, 0.2) is 0 Å². The SMILES string of the molecule is O=C(C[CH]c1ccccc1)N1CCN(c2cccc(Cl)c2Cl)CC1. The second-order valence-electron chi connectivity index (χ2n) is 5.76. The lowest BCUT2D eigenvalue weighted by Crippen LogP contribution is -2.48. The number of carbonyl (C=O) groups excluding carboxylic acids is 1. The van der Waals surface area contributed by atoms with Crippen molar-refractivity contribution < 1.29 is 4.79 Å². The Labute approximate surface area is 152 Å². The van der Waals surface area contributed by atoms with Gasteiger partial charge in [0.1, 0.15) is 0 Å². The maximum atomic E-state index is 12.4. The predicted octanol–water partition coefficient (Wildman–Crippen LogP) is 4.28. The Balaban J connectivity index is 1.53. The standard InChI is InChI=1S/C19H19Cl2N2O/c20-16-7-4-8-17(19(16)21)22-11-13-23(14-12-22)18(24)10-9-15-5-2-1-3-6-15/h1-9H,10-14H2. The first kappa shape index (κ1) is 17.1. The number of hydrogen-bond donors (Lipinski definition) is 0. The number of amides is 1. The van der Waals surface area contributed by atoms with Crippen LogP contribution in [0, 0.1) is 6.42 Å². The number of benzene rings is 2. The number of nitrogens with zero attached hydrogens (tertiary/aromatic N) is 2. The molecule has 0 saturated carbocycles. The van der Waals surface area contributed by atoms with Crippen LogP contribution in [-0.2, 0) is 4.79 Å². The molecule has 5 heteroatoms. The molecule has 3 rings (SSSR count). The zero-order valence-corrected chi connectivity index (χ0v) is 14.8. The van der Waals surface area contributed by atoms with Gasteiger partial charge in [-0.25, -0.2) is 0 Å². The second-order valence-corrected chi connectivity index (χ2v) is 6.54. The topological polar surface area (TPSA) is 23.6 Å². The monoisotopic (exact) mass is 361 g/mol. The summed E-state index contributed by atoms with van der Waals surface area (Å²) in [5, 5.41) is 1.14. The molecule has 0 N–H and O–H groups in total. The van der Waals surface area contributed by atoms with Gasteiger partial charge in [0.25, 0.3) is 0 Å². The maximum Gasteiger partial charge on any atom is 0.223 e. The Morgan fingerprint density at radius 2 is 1.67 bits per heavy atom. The smallest absolute Gasteiger partial charge is 0.223 e. The number of halogens is 2. The molecule has 1 aliphatic heterocycles. The molecule has 1 heterocycles. The van der Waals surface area contributed by atoms with Crippen LogP contribution in [0.2, 0.25) is 10.0 Å². The van der Waals surface area contributed by atoms with Crippen LogP contribution in [0.3, 0.4) is 0 Å². The molecule has 125 valence electrons. The molecule has 0 aromatic heterocycles. The van der Waals surface area contributed by atoms with Gasteiger partial charge in [-0.3, -0.25) is 4.79 Å². The molecule has 2 aromatic rings. The highest BCUT2D eigenvalue weighted by Gasteiger charge is 2.22. The van der Waals surface area contributed by atoms with Gasteiger partial charge in [-0.1, -0.05) is 59.6 Å². The molecule has 1 aliphatic rings. The van der Waals surface area contributed by atoms with Crippen LogP contribution in [0.5, 0.6) is 0 Å². The second kappa shape index (κ2) is 7.91. The largest absolute Gasteiger partial charge is 0.367 e. The number of hydrogen-bond acceptors (Lipinski definition) is 2. The minimum Gasteiger partial charge on any atom is -0.367 e. The third-order valence-electron chi connectivity index (χ3n) is 4.22. The molecule has 24 heavy (non-hydrogen) atoms. The van der Waals surface area contributed by atoms with E-state index >= 15 is 0 Å². The summed E-state index contributed by atoms with van der Waals surface area (Å²) in [5.74, 6) is 0.163. The van der Waals surface area contributed by atoms with E-state index in [-0.39, 0.29) is 5.91 Å². The summed E-state index contributed by atoms with van der Waals surface area (Å²) in [4.78, 5) is 16.5. The van der Waals surface area contributed by atoms with Gasteiger partial charge < -0.3 is 9.80 Å². The summed E-state index contributed by atoms with van der Waals surface area (Å²) < 4.78 is 0. The fourth-order valence-electron chi connectivity index (χ4n) is 2.86. The van der Waals surface area contributed by atoms with Gasteiger partial charge in [-0.05, 0) is 24.1 Å². The normalized spacial score (nSPS) is 14.8. The summed E-state index contributed by atoms with van der Waals surface area (Å²) in [6.07, 6.45) is 2.41. The average molecular weight is 362 g/mol. The van der Waals surface area contributed by atoms with Crippen molar-refractivity contribution in [1.29, 1.82) is 0 Å². The molecule has 2 aromatic carbocycles. The lowest BCUT2D eigenvalue weighted by atomic mass is 10.1. The molecule has 0 unspecified atom stereocenters. The van der Waals surface area contributed by atoms with Gasteiger partial charge in [0.2, 0.25) is 5.91 Å². The minimum absolute atomic E-state index is 0.163. The molecular formula is C19H19Cl2N2O. The molecule has 3 nitrogen and oxygen atoms in total. The number of piperazine rings is 1. The quantitative estimate of drug-likeness (QED) is 0.810. The maximum absolute atomic E-state index is 12.4. The zero-order chi connectivity index (χ0) is 16.9. The molecular weight excluding hydrogens is 343 g/mol.